The van der Waals surface area contributed by atoms with E-state index < -0.39 is 0 Å². The number of hydrogen-bond acceptors (Lipinski definition) is 6. The van der Waals surface area contributed by atoms with Gasteiger partial charge in [0.1, 0.15) is 5.69 Å². The van der Waals surface area contributed by atoms with Gasteiger partial charge in [0, 0.05) is 12.4 Å². The Hall–Kier alpha value is -0.850. The summed E-state index contributed by atoms with van der Waals surface area (Å²) < 4.78 is 5.13. The lowest BCUT2D eigenvalue weighted by atomic mass is 10.1. The molecule has 1 atom stereocenters. The number of nitrogens with one attached hydrogen (secondary N) is 1. The van der Waals surface area contributed by atoms with E-state index in [-0.39, 0.29) is 6.04 Å². The van der Waals surface area contributed by atoms with Crippen molar-refractivity contribution in [2.45, 2.75) is 12.5 Å². The summed E-state index contributed by atoms with van der Waals surface area (Å²) >= 11 is 1.77. The highest BCUT2D eigenvalue weighted by atomic mass is 32.2. The van der Waals surface area contributed by atoms with Gasteiger partial charge in [-0.1, -0.05) is 0 Å². The van der Waals surface area contributed by atoms with Crippen molar-refractivity contribution >= 4 is 11.8 Å². The Morgan fingerprint density at radius 3 is 2.87 bits per heavy atom. The molecule has 0 bridgehead atoms. The molecule has 1 heterocycles. The van der Waals surface area contributed by atoms with Gasteiger partial charge in [-0.25, -0.2) is 4.98 Å². The lowest BCUT2D eigenvalue weighted by molar-refractivity contribution is 0.376. The van der Waals surface area contributed by atoms with E-state index in [2.05, 4.69) is 21.6 Å². The van der Waals surface area contributed by atoms with Crippen molar-refractivity contribution in [2.24, 2.45) is 5.84 Å². The molecule has 5 nitrogen and oxygen atoms in total. The lowest BCUT2D eigenvalue weighted by Gasteiger charge is -2.16. The van der Waals surface area contributed by atoms with Crippen molar-refractivity contribution in [3.05, 3.63) is 18.1 Å². The average Bonchev–Trinajstić information content (AvgIpc) is 2.30. The molecule has 0 aromatic carbocycles. The largest absolute Gasteiger partial charge is 0.480 e. The molecule has 0 saturated heterocycles. The first-order valence-corrected chi connectivity index (χ1v) is 6.02. The third-order valence-electron chi connectivity index (χ3n) is 2.03. The quantitative estimate of drug-likeness (QED) is 0.553. The highest BCUT2D eigenvalue weighted by Gasteiger charge is 2.16. The fraction of sp³-hybridized carbons (Fsp3) is 0.556. The third-order valence-corrected chi connectivity index (χ3v) is 2.67. The standard InChI is InChI=1S/C9H16N4OS/c1-14-9-8(11-4-5-12-9)7(13-10)3-6-15-2/h4-5,7,13H,3,6,10H2,1-2H3. The van der Waals surface area contributed by atoms with E-state index in [1.54, 1.807) is 31.3 Å². The van der Waals surface area contributed by atoms with Crippen LogP contribution in [0.25, 0.3) is 0 Å². The first kappa shape index (κ1) is 12.2. The molecular weight excluding hydrogens is 212 g/mol. The zero-order chi connectivity index (χ0) is 11.1. The molecule has 0 aliphatic carbocycles. The number of rotatable bonds is 6. The summed E-state index contributed by atoms with van der Waals surface area (Å²) in [6.45, 7) is 0. The molecule has 0 radical (unpaired) electrons. The molecule has 3 N–H and O–H groups in total. The molecule has 6 heteroatoms. The Kier molecular flexibility index (Phi) is 5.38. The van der Waals surface area contributed by atoms with Crippen LogP contribution in [0.5, 0.6) is 5.88 Å². The Bertz CT molecular complexity index is 297. The van der Waals surface area contributed by atoms with Gasteiger partial charge in [-0.15, -0.1) is 0 Å². The first-order chi connectivity index (χ1) is 7.33. The normalized spacial score (nSPS) is 12.5. The number of nitrogens with zero attached hydrogens (tertiary/aromatic N) is 2. The Labute approximate surface area is 93.8 Å². The predicted octanol–water partition coefficient (Wildman–Crippen LogP) is 0.743. The summed E-state index contributed by atoms with van der Waals surface area (Å²) in [6.07, 6.45) is 6.19. The van der Waals surface area contributed by atoms with Crippen LogP contribution in [0.1, 0.15) is 18.2 Å². The molecule has 15 heavy (non-hydrogen) atoms. The molecule has 0 aliphatic rings. The SMILES string of the molecule is COc1nccnc1C(CCSC)NN. The summed E-state index contributed by atoms with van der Waals surface area (Å²) in [6, 6.07) is -0.0129. The van der Waals surface area contributed by atoms with Crippen LogP contribution in [0.15, 0.2) is 12.4 Å². The van der Waals surface area contributed by atoms with E-state index in [9.17, 15) is 0 Å². The van der Waals surface area contributed by atoms with Crippen LogP contribution >= 0.6 is 11.8 Å². The molecule has 1 aromatic rings. The van der Waals surface area contributed by atoms with Gasteiger partial charge in [0.25, 0.3) is 0 Å². The number of methoxy groups -OCH3 is 1. The smallest absolute Gasteiger partial charge is 0.237 e. The van der Waals surface area contributed by atoms with Crippen LogP contribution in [0.4, 0.5) is 0 Å². The molecular formula is C9H16N4OS. The van der Waals surface area contributed by atoms with Gasteiger partial charge >= 0.3 is 0 Å². The van der Waals surface area contributed by atoms with Crippen LogP contribution < -0.4 is 16.0 Å². The van der Waals surface area contributed by atoms with E-state index in [0.717, 1.165) is 17.9 Å². The molecule has 1 rings (SSSR count). The second-order valence-corrected chi connectivity index (χ2v) is 3.94. The summed E-state index contributed by atoms with van der Waals surface area (Å²) in [5.74, 6) is 7.02. The summed E-state index contributed by atoms with van der Waals surface area (Å²) in [5.41, 5.74) is 3.49. The van der Waals surface area contributed by atoms with Gasteiger partial charge in [-0.2, -0.15) is 11.8 Å². The van der Waals surface area contributed by atoms with Crippen LogP contribution in [0.2, 0.25) is 0 Å². The fourth-order valence-corrected chi connectivity index (χ4v) is 1.74. The van der Waals surface area contributed by atoms with Crippen molar-refractivity contribution in [1.29, 1.82) is 0 Å². The van der Waals surface area contributed by atoms with Crippen LogP contribution in [0, 0.1) is 0 Å². The van der Waals surface area contributed by atoms with Crippen LogP contribution in [-0.2, 0) is 0 Å². The maximum Gasteiger partial charge on any atom is 0.237 e. The Morgan fingerprint density at radius 1 is 1.53 bits per heavy atom. The Balaban J connectivity index is 2.80. The molecule has 0 spiro atoms. The molecule has 0 aliphatic heterocycles. The van der Waals surface area contributed by atoms with E-state index >= 15 is 0 Å². The summed E-state index contributed by atoms with van der Waals surface area (Å²) in [4.78, 5) is 8.32. The Morgan fingerprint density at radius 2 is 2.27 bits per heavy atom. The predicted molar refractivity (Wildman–Crippen MR) is 61.6 cm³/mol. The average molecular weight is 228 g/mol. The number of aromatic nitrogens is 2. The number of ether oxygens (including phenoxy) is 1. The van der Waals surface area contributed by atoms with Gasteiger partial charge in [0.05, 0.1) is 13.2 Å². The maximum absolute atomic E-state index is 5.49. The van der Waals surface area contributed by atoms with Crippen molar-refractivity contribution in [3.63, 3.8) is 0 Å². The van der Waals surface area contributed by atoms with Gasteiger partial charge in [-0.05, 0) is 18.4 Å². The topological polar surface area (TPSA) is 73.1 Å². The zero-order valence-electron chi connectivity index (χ0n) is 8.93. The highest BCUT2D eigenvalue weighted by molar-refractivity contribution is 7.98. The van der Waals surface area contributed by atoms with E-state index in [0.29, 0.717) is 5.88 Å². The molecule has 0 amide bonds. The lowest BCUT2D eigenvalue weighted by Crippen LogP contribution is -2.29. The summed E-state index contributed by atoms with van der Waals surface area (Å²) in [5, 5.41) is 0. The number of hydrazine groups is 1. The minimum Gasteiger partial charge on any atom is -0.480 e. The monoisotopic (exact) mass is 228 g/mol. The van der Waals surface area contributed by atoms with Crippen molar-refractivity contribution in [3.8, 4) is 5.88 Å². The molecule has 1 aromatic heterocycles. The molecule has 1 unspecified atom stereocenters. The van der Waals surface area contributed by atoms with E-state index in [1.165, 1.54) is 0 Å². The van der Waals surface area contributed by atoms with Crippen LogP contribution in [-0.4, -0.2) is 29.1 Å². The zero-order valence-corrected chi connectivity index (χ0v) is 9.75. The second-order valence-electron chi connectivity index (χ2n) is 2.95. The minimum absolute atomic E-state index is 0.0129. The van der Waals surface area contributed by atoms with Crippen molar-refractivity contribution in [1.82, 2.24) is 15.4 Å². The fourth-order valence-electron chi connectivity index (χ4n) is 1.27. The highest BCUT2D eigenvalue weighted by Crippen LogP contribution is 2.22. The van der Waals surface area contributed by atoms with Crippen molar-refractivity contribution in [2.75, 3.05) is 19.1 Å². The number of hydrogen-bond donors (Lipinski definition) is 2. The number of thioether (sulfide) groups is 1. The van der Waals surface area contributed by atoms with Crippen LogP contribution in [0.3, 0.4) is 0 Å². The molecule has 0 saturated carbocycles. The van der Waals surface area contributed by atoms with Crippen molar-refractivity contribution < 1.29 is 4.74 Å². The van der Waals surface area contributed by atoms with Gasteiger partial charge in [-0.3, -0.25) is 16.3 Å². The molecule has 0 fully saturated rings. The third kappa shape index (κ3) is 3.33. The van der Waals surface area contributed by atoms with Gasteiger partial charge < -0.3 is 4.74 Å². The summed E-state index contributed by atoms with van der Waals surface area (Å²) in [7, 11) is 1.58. The number of nitrogens with two attached hydrogens (primary N) is 1. The van der Waals surface area contributed by atoms with Gasteiger partial charge in [0.15, 0.2) is 0 Å². The van der Waals surface area contributed by atoms with E-state index in [1.807, 2.05) is 0 Å². The second kappa shape index (κ2) is 6.60. The minimum atomic E-state index is -0.0129. The maximum atomic E-state index is 5.49. The first-order valence-electron chi connectivity index (χ1n) is 4.63. The van der Waals surface area contributed by atoms with E-state index in [4.69, 9.17) is 10.6 Å². The molecule has 84 valence electrons. The van der Waals surface area contributed by atoms with Gasteiger partial charge in [0.2, 0.25) is 5.88 Å².